The maximum atomic E-state index is 10.7. The number of anilines is 1. The highest BCUT2D eigenvalue weighted by molar-refractivity contribution is 5.53. The lowest BCUT2D eigenvalue weighted by Crippen LogP contribution is -2.21. The van der Waals surface area contributed by atoms with Crippen LogP contribution in [0.3, 0.4) is 0 Å². The van der Waals surface area contributed by atoms with Crippen molar-refractivity contribution in [1.82, 2.24) is 0 Å². The van der Waals surface area contributed by atoms with Crippen LogP contribution in [0, 0.1) is 17.0 Å². The van der Waals surface area contributed by atoms with E-state index in [0.29, 0.717) is 11.7 Å². The highest BCUT2D eigenvalue weighted by atomic mass is 16.6. The highest BCUT2D eigenvalue weighted by Gasteiger charge is 2.13. The van der Waals surface area contributed by atoms with Crippen molar-refractivity contribution in [2.24, 2.45) is 0 Å². The molecule has 0 spiro atoms. The molecule has 5 nitrogen and oxygen atoms in total. The van der Waals surface area contributed by atoms with Gasteiger partial charge >= 0.3 is 0 Å². The van der Waals surface area contributed by atoms with E-state index in [0.717, 1.165) is 31.7 Å². The first-order valence-corrected chi connectivity index (χ1v) is 6.77. The maximum absolute atomic E-state index is 10.7. The quantitative estimate of drug-likeness (QED) is 0.654. The Morgan fingerprint density at radius 3 is 2.95 bits per heavy atom. The average molecular weight is 264 g/mol. The molecule has 1 fully saturated rings. The number of aryl methyl sites for hydroxylation is 1. The Balaban J connectivity index is 1.82. The van der Waals surface area contributed by atoms with Crippen molar-refractivity contribution in [3.63, 3.8) is 0 Å². The second-order valence-electron chi connectivity index (χ2n) is 4.96. The lowest BCUT2D eigenvalue weighted by Gasteiger charge is -2.22. The van der Waals surface area contributed by atoms with E-state index in [-0.39, 0.29) is 10.6 Å². The topological polar surface area (TPSA) is 64.4 Å². The highest BCUT2D eigenvalue weighted by Crippen LogP contribution is 2.22. The molecule has 1 atom stereocenters. The molecule has 1 N–H and O–H groups in total. The lowest BCUT2D eigenvalue weighted by molar-refractivity contribution is -0.385. The van der Waals surface area contributed by atoms with Gasteiger partial charge in [0, 0.05) is 30.5 Å². The molecule has 19 heavy (non-hydrogen) atoms. The molecule has 1 unspecified atom stereocenters. The summed E-state index contributed by atoms with van der Waals surface area (Å²) in [5.41, 5.74) is 1.78. The normalized spacial score (nSPS) is 19.1. The van der Waals surface area contributed by atoms with Crippen molar-refractivity contribution in [1.29, 1.82) is 0 Å². The van der Waals surface area contributed by atoms with E-state index in [9.17, 15) is 10.1 Å². The molecular formula is C14H20N2O3. The fraction of sp³-hybridized carbons (Fsp3) is 0.571. The summed E-state index contributed by atoms with van der Waals surface area (Å²) in [6, 6.07) is 5.13. The maximum Gasteiger partial charge on any atom is 0.272 e. The van der Waals surface area contributed by atoms with Crippen LogP contribution in [0.2, 0.25) is 0 Å². The second kappa shape index (κ2) is 6.52. The number of nitrogens with one attached hydrogen (secondary N) is 1. The molecule has 0 radical (unpaired) electrons. The summed E-state index contributed by atoms with van der Waals surface area (Å²) in [5, 5.41) is 14.0. The molecule has 5 heteroatoms. The van der Waals surface area contributed by atoms with Gasteiger partial charge in [0.05, 0.1) is 11.0 Å². The summed E-state index contributed by atoms with van der Waals surface area (Å²) in [6.07, 6.45) is 4.91. The number of nitrogens with zero attached hydrogens (tertiary/aromatic N) is 1. The van der Waals surface area contributed by atoms with Crippen LogP contribution in [0.4, 0.5) is 11.4 Å². The molecule has 0 aromatic heterocycles. The van der Waals surface area contributed by atoms with E-state index < -0.39 is 0 Å². The van der Waals surface area contributed by atoms with Gasteiger partial charge in [-0.2, -0.15) is 0 Å². The zero-order valence-electron chi connectivity index (χ0n) is 11.2. The number of rotatable bonds is 5. The summed E-state index contributed by atoms with van der Waals surface area (Å²) < 4.78 is 5.66. The van der Waals surface area contributed by atoms with Gasteiger partial charge in [-0.1, -0.05) is 0 Å². The molecule has 104 valence electrons. The summed E-state index contributed by atoms with van der Waals surface area (Å²) in [5.74, 6) is 0. The van der Waals surface area contributed by atoms with E-state index in [2.05, 4.69) is 5.32 Å². The summed E-state index contributed by atoms with van der Waals surface area (Å²) in [6.45, 7) is 3.47. The Morgan fingerprint density at radius 1 is 1.47 bits per heavy atom. The fourth-order valence-corrected chi connectivity index (χ4v) is 2.38. The van der Waals surface area contributed by atoms with E-state index >= 15 is 0 Å². The second-order valence-corrected chi connectivity index (χ2v) is 4.96. The van der Waals surface area contributed by atoms with Crippen molar-refractivity contribution in [3.05, 3.63) is 33.9 Å². The smallest absolute Gasteiger partial charge is 0.272 e. The Bertz CT molecular complexity index is 442. The van der Waals surface area contributed by atoms with Crippen LogP contribution in [0.25, 0.3) is 0 Å². The fourth-order valence-electron chi connectivity index (χ4n) is 2.38. The Labute approximate surface area is 113 Å². The van der Waals surface area contributed by atoms with Crippen molar-refractivity contribution in [3.8, 4) is 0 Å². The van der Waals surface area contributed by atoms with Crippen LogP contribution < -0.4 is 5.32 Å². The largest absolute Gasteiger partial charge is 0.385 e. The third-order valence-electron chi connectivity index (χ3n) is 3.46. The first kappa shape index (κ1) is 13.8. The number of nitro benzene ring substituents is 1. The molecule has 0 amide bonds. The number of ether oxygens (including phenoxy) is 1. The predicted octanol–water partition coefficient (Wildman–Crippen LogP) is 3.27. The third kappa shape index (κ3) is 3.92. The van der Waals surface area contributed by atoms with E-state index in [1.165, 1.54) is 12.8 Å². The van der Waals surface area contributed by atoms with Gasteiger partial charge in [0.1, 0.15) is 0 Å². The van der Waals surface area contributed by atoms with Crippen molar-refractivity contribution < 1.29 is 9.66 Å². The Kier molecular flexibility index (Phi) is 4.74. The molecule has 1 aromatic carbocycles. The van der Waals surface area contributed by atoms with Crippen LogP contribution in [0.5, 0.6) is 0 Å². The third-order valence-corrected chi connectivity index (χ3v) is 3.46. The van der Waals surface area contributed by atoms with E-state index in [1.54, 1.807) is 19.1 Å². The van der Waals surface area contributed by atoms with Gasteiger partial charge in [-0.05, 0) is 44.7 Å². The van der Waals surface area contributed by atoms with Crippen LogP contribution in [0.15, 0.2) is 18.2 Å². The predicted molar refractivity (Wildman–Crippen MR) is 74.5 cm³/mol. The molecule has 1 saturated heterocycles. The van der Waals surface area contributed by atoms with Gasteiger partial charge in [-0.15, -0.1) is 0 Å². The molecule has 1 aromatic rings. The molecule has 1 heterocycles. The zero-order chi connectivity index (χ0) is 13.7. The molecule has 2 rings (SSSR count). The Hall–Kier alpha value is -1.62. The molecule has 1 aliphatic heterocycles. The number of nitro groups is 1. The molecule has 0 saturated carbocycles. The van der Waals surface area contributed by atoms with Gasteiger partial charge in [0.15, 0.2) is 0 Å². The minimum absolute atomic E-state index is 0.168. The minimum atomic E-state index is -0.352. The monoisotopic (exact) mass is 264 g/mol. The Morgan fingerprint density at radius 2 is 2.32 bits per heavy atom. The van der Waals surface area contributed by atoms with Crippen molar-refractivity contribution >= 4 is 11.4 Å². The zero-order valence-corrected chi connectivity index (χ0v) is 11.2. The van der Waals surface area contributed by atoms with Crippen LogP contribution in [-0.2, 0) is 4.74 Å². The van der Waals surface area contributed by atoms with Gasteiger partial charge < -0.3 is 10.1 Å². The molecule has 0 bridgehead atoms. The van der Waals surface area contributed by atoms with Gasteiger partial charge in [0.25, 0.3) is 5.69 Å². The standard InChI is InChI=1S/C14H20N2O3/c1-11-10-12(5-6-14(11)16(17)18)15-8-7-13-4-2-3-9-19-13/h5-6,10,13,15H,2-4,7-9H2,1H3. The summed E-state index contributed by atoms with van der Waals surface area (Å²) >= 11 is 0. The molecular weight excluding hydrogens is 244 g/mol. The minimum Gasteiger partial charge on any atom is -0.385 e. The molecule has 0 aliphatic carbocycles. The summed E-state index contributed by atoms with van der Waals surface area (Å²) in [4.78, 5) is 10.4. The van der Waals surface area contributed by atoms with Crippen molar-refractivity contribution in [2.45, 2.75) is 38.7 Å². The van der Waals surface area contributed by atoms with E-state index in [1.807, 2.05) is 6.07 Å². The first-order chi connectivity index (χ1) is 9.16. The number of hydrogen-bond donors (Lipinski definition) is 1. The van der Waals surface area contributed by atoms with E-state index in [4.69, 9.17) is 4.74 Å². The lowest BCUT2D eigenvalue weighted by atomic mass is 10.1. The van der Waals surface area contributed by atoms with Crippen LogP contribution >= 0.6 is 0 Å². The average Bonchev–Trinajstić information content (AvgIpc) is 2.39. The first-order valence-electron chi connectivity index (χ1n) is 6.77. The summed E-state index contributed by atoms with van der Waals surface area (Å²) in [7, 11) is 0. The van der Waals surface area contributed by atoms with Gasteiger partial charge in [-0.3, -0.25) is 10.1 Å². The van der Waals surface area contributed by atoms with Crippen molar-refractivity contribution in [2.75, 3.05) is 18.5 Å². The van der Waals surface area contributed by atoms with Crippen LogP contribution in [-0.4, -0.2) is 24.2 Å². The van der Waals surface area contributed by atoms with Gasteiger partial charge in [-0.25, -0.2) is 0 Å². The molecule has 1 aliphatic rings. The van der Waals surface area contributed by atoms with Crippen LogP contribution in [0.1, 0.15) is 31.2 Å². The number of hydrogen-bond acceptors (Lipinski definition) is 4. The number of benzene rings is 1. The SMILES string of the molecule is Cc1cc(NCCC2CCCCO2)ccc1[N+](=O)[O-]. The van der Waals surface area contributed by atoms with Gasteiger partial charge in [0.2, 0.25) is 0 Å².